The molecule has 104 valence electrons. The number of benzene rings is 1. The minimum Gasteiger partial charge on any atom is -0.309 e. The van der Waals surface area contributed by atoms with Gasteiger partial charge in [-0.2, -0.15) is 0 Å². The molecule has 0 aliphatic carbocycles. The SMILES string of the molecule is CC1CN(Cc2ccc([N+](=O)[O-])cc2Cl)CC(C)N1. The molecule has 2 atom stereocenters. The first-order valence-electron chi connectivity index (χ1n) is 6.37. The van der Waals surface area contributed by atoms with Gasteiger partial charge in [0, 0.05) is 43.9 Å². The van der Waals surface area contributed by atoms with E-state index < -0.39 is 4.92 Å². The van der Waals surface area contributed by atoms with Crippen molar-refractivity contribution in [1.82, 2.24) is 10.2 Å². The highest BCUT2D eigenvalue weighted by Crippen LogP contribution is 2.24. The highest BCUT2D eigenvalue weighted by molar-refractivity contribution is 6.31. The maximum absolute atomic E-state index is 10.7. The van der Waals surface area contributed by atoms with Crippen LogP contribution in [0.1, 0.15) is 19.4 Å². The maximum atomic E-state index is 10.7. The fourth-order valence-electron chi connectivity index (χ4n) is 2.59. The van der Waals surface area contributed by atoms with Crippen molar-refractivity contribution >= 4 is 17.3 Å². The third-order valence-corrected chi connectivity index (χ3v) is 3.63. The van der Waals surface area contributed by atoms with Gasteiger partial charge in [-0.25, -0.2) is 0 Å². The lowest BCUT2D eigenvalue weighted by Crippen LogP contribution is -2.53. The van der Waals surface area contributed by atoms with Crippen LogP contribution in [0.15, 0.2) is 18.2 Å². The normalized spacial score (nSPS) is 24.4. The number of nitrogens with zero attached hydrogens (tertiary/aromatic N) is 2. The average Bonchev–Trinajstić information content (AvgIpc) is 2.30. The van der Waals surface area contributed by atoms with E-state index in [1.54, 1.807) is 6.07 Å². The van der Waals surface area contributed by atoms with Gasteiger partial charge < -0.3 is 5.32 Å². The largest absolute Gasteiger partial charge is 0.309 e. The fraction of sp³-hybridized carbons (Fsp3) is 0.538. The van der Waals surface area contributed by atoms with Crippen molar-refractivity contribution in [2.24, 2.45) is 0 Å². The van der Waals surface area contributed by atoms with E-state index in [0.29, 0.717) is 17.1 Å². The van der Waals surface area contributed by atoms with Crippen LogP contribution >= 0.6 is 11.6 Å². The van der Waals surface area contributed by atoms with Crippen LogP contribution in [0.5, 0.6) is 0 Å². The predicted octanol–water partition coefficient (Wildman–Crippen LogP) is 2.43. The summed E-state index contributed by atoms with van der Waals surface area (Å²) in [6.45, 7) is 6.95. The van der Waals surface area contributed by atoms with Gasteiger partial charge in [0.05, 0.1) is 9.95 Å². The molecule has 2 unspecified atom stereocenters. The van der Waals surface area contributed by atoms with Gasteiger partial charge in [-0.1, -0.05) is 11.6 Å². The van der Waals surface area contributed by atoms with Crippen LogP contribution in [-0.2, 0) is 6.54 Å². The Morgan fingerprint density at radius 2 is 2.05 bits per heavy atom. The van der Waals surface area contributed by atoms with Gasteiger partial charge in [0.2, 0.25) is 0 Å². The molecule has 0 spiro atoms. The molecule has 2 rings (SSSR count). The molecule has 1 heterocycles. The zero-order valence-electron chi connectivity index (χ0n) is 11.1. The smallest absolute Gasteiger partial charge is 0.270 e. The van der Waals surface area contributed by atoms with Crippen molar-refractivity contribution in [2.75, 3.05) is 13.1 Å². The summed E-state index contributed by atoms with van der Waals surface area (Å²) in [5.41, 5.74) is 0.976. The van der Waals surface area contributed by atoms with Gasteiger partial charge in [0.25, 0.3) is 5.69 Å². The van der Waals surface area contributed by atoms with Crippen molar-refractivity contribution in [3.8, 4) is 0 Å². The number of nitrogens with one attached hydrogen (secondary N) is 1. The third kappa shape index (κ3) is 3.65. The van der Waals surface area contributed by atoms with Gasteiger partial charge in [0.15, 0.2) is 0 Å². The Morgan fingerprint density at radius 3 is 2.58 bits per heavy atom. The summed E-state index contributed by atoms with van der Waals surface area (Å²) in [5.74, 6) is 0. The zero-order valence-corrected chi connectivity index (χ0v) is 11.9. The number of nitro groups is 1. The molecule has 1 aliphatic heterocycles. The molecule has 1 aromatic rings. The Morgan fingerprint density at radius 1 is 1.42 bits per heavy atom. The average molecular weight is 284 g/mol. The number of rotatable bonds is 3. The Balaban J connectivity index is 2.08. The quantitative estimate of drug-likeness (QED) is 0.684. The minimum atomic E-state index is -0.426. The number of halogens is 1. The second kappa shape index (κ2) is 5.86. The summed E-state index contributed by atoms with van der Waals surface area (Å²) in [6, 6.07) is 5.57. The first-order valence-corrected chi connectivity index (χ1v) is 6.74. The van der Waals surface area contributed by atoms with E-state index in [9.17, 15) is 10.1 Å². The van der Waals surface area contributed by atoms with Crippen LogP contribution in [0.4, 0.5) is 5.69 Å². The van der Waals surface area contributed by atoms with Crippen LogP contribution in [0, 0.1) is 10.1 Å². The minimum absolute atomic E-state index is 0.0378. The van der Waals surface area contributed by atoms with Crippen LogP contribution in [0.2, 0.25) is 5.02 Å². The van der Waals surface area contributed by atoms with E-state index in [4.69, 9.17) is 11.6 Å². The van der Waals surface area contributed by atoms with Crippen LogP contribution in [0.3, 0.4) is 0 Å². The molecular formula is C13H18ClN3O2. The van der Waals surface area contributed by atoms with E-state index in [0.717, 1.165) is 25.2 Å². The molecule has 1 N–H and O–H groups in total. The molecular weight excluding hydrogens is 266 g/mol. The molecule has 0 saturated carbocycles. The number of non-ortho nitro benzene ring substituents is 1. The van der Waals surface area contributed by atoms with Crippen molar-refractivity contribution in [3.63, 3.8) is 0 Å². The van der Waals surface area contributed by atoms with Crippen molar-refractivity contribution < 1.29 is 4.92 Å². The molecule has 1 saturated heterocycles. The van der Waals surface area contributed by atoms with Gasteiger partial charge >= 0.3 is 0 Å². The molecule has 5 nitrogen and oxygen atoms in total. The van der Waals surface area contributed by atoms with Crippen LogP contribution in [0.25, 0.3) is 0 Å². The highest BCUT2D eigenvalue weighted by atomic mass is 35.5. The van der Waals surface area contributed by atoms with Crippen molar-refractivity contribution in [3.05, 3.63) is 38.9 Å². The van der Waals surface area contributed by atoms with Gasteiger partial charge in [-0.05, 0) is 25.5 Å². The molecule has 0 bridgehead atoms. The number of nitro benzene ring substituents is 1. The van der Waals surface area contributed by atoms with Crippen molar-refractivity contribution in [1.29, 1.82) is 0 Å². The molecule has 1 aromatic carbocycles. The molecule has 1 aliphatic rings. The highest BCUT2D eigenvalue weighted by Gasteiger charge is 2.21. The zero-order chi connectivity index (χ0) is 14.0. The standard InChI is InChI=1S/C13H18ClN3O2/c1-9-6-16(7-10(2)15-9)8-11-3-4-12(17(18)19)5-13(11)14/h3-5,9-10,15H,6-8H2,1-2H3. The van der Waals surface area contributed by atoms with Crippen molar-refractivity contribution in [2.45, 2.75) is 32.5 Å². The maximum Gasteiger partial charge on any atom is 0.270 e. The molecule has 0 amide bonds. The fourth-order valence-corrected chi connectivity index (χ4v) is 2.82. The molecule has 0 aromatic heterocycles. The Labute approximate surface area is 117 Å². The van der Waals surface area contributed by atoms with Gasteiger partial charge in [-0.3, -0.25) is 15.0 Å². The molecule has 0 radical (unpaired) electrons. The lowest BCUT2D eigenvalue weighted by atomic mass is 10.1. The monoisotopic (exact) mass is 283 g/mol. The van der Waals surface area contributed by atoms with Crippen LogP contribution in [-0.4, -0.2) is 35.0 Å². The van der Waals surface area contributed by atoms with E-state index in [1.165, 1.54) is 12.1 Å². The number of hydrogen-bond acceptors (Lipinski definition) is 4. The topological polar surface area (TPSA) is 58.4 Å². The number of hydrogen-bond donors (Lipinski definition) is 1. The molecule has 19 heavy (non-hydrogen) atoms. The molecule has 1 fully saturated rings. The first-order chi connectivity index (χ1) is 8.95. The lowest BCUT2D eigenvalue weighted by molar-refractivity contribution is -0.384. The Hall–Kier alpha value is -1.17. The second-order valence-electron chi connectivity index (χ2n) is 5.20. The van der Waals surface area contributed by atoms with E-state index in [-0.39, 0.29) is 5.69 Å². The number of piperazine rings is 1. The summed E-state index contributed by atoms with van der Waals surface area (Å²) < 4.78 is 0. The van der Waals surface area contributed by atoms with E-state index in [1.807, 2.05) is 0 Å². The van der Waals surface area contributed by atoms with Crippen LogP contribution < -0.4 is 5.32 Å². The lowest BCUT2D eigenvalue weighted by Gasteiger charge is -2.36. The summed E-state index contributed by atoms with van der Waals surface area (Å²) in [7, 11) is 0. The molecule has 6 heteroatoms. The first kappa shape index (κ1) is 14.2. The Bertz CT molecular complexity index is 471. The second-order valence-corrected chi connectivity index (χ2v) is 5.60. The van der Waals surface area contributed by atoms with Gasteiger partial charge in [-0.15, -0.1) is 0 Å². The third-order valence-electron chi connectivity index (χ3n) is 3.27. The van der Waals surface area contributed by atoms with E-state index >= 15 is 0 Å². The summed E-state index contributed by atoms with van der Waals surface area (Å²) >= 11 is 6.12. The van der Waals surface area contributed by atoms with Gasteiger partial charge in [0.1, 0.15) is 0 Å². The predicted molar refractivity (Wildman–Crippen MR) is 75.4 cm³/mol. The van der Waals surface area contributed by atoms with E-state index in [2.05, 4.69) is 24.1 Å². The summed E-state index contributed by atoms with van der Waals surface area (Å²) in [4.78, 5) is 12.6. The summed E-state index contributed by atoms with van der Waals surface area (Å²) in [5, 5.41) is 14.6. The summed E-state index contributed by atoms with van der Waals surface area (Å²) in [6.07, 6.45) is 0. The Kier molecular flexibility index (Phi) is 4.39.